The first-order valence-corrected chi connectivity index (χ1v) is 11.0. The number of ether oxygens (including phenoxy) is 1. The van der Waals surface area contributed by atoms with Crippen LogP contribution in [-0.4, -0.2) is 18.3 Å². The van der Waals surface area contributed by atoms with Crippen molar-refractivity contribution in [2.45, 2.75) is 18.7 Å². The number of hydrogen-bond acceptors (Lipinski definition) is 3. The molecule has 0 spiro atoms. The lowest BCUT2D eigenvalue weighted by Crippen LogP contribution is -2.28. The number of allylic oxidation sites excluding steroid dienone is 1. The van der Waals surface area contributed by atoms with E-state index in [0.29, 0.717) is 0 Å². The summed E-state index contributed by atoms with van der Waals surface area (Å²) in [5, 5.41) is 12.5. The fraction of sp³-hybridized carbons (Fsp3) is 0.167. The van der Waals surface area contributed by atoms with Gasteiger partial charge in [-0.2, -0.15) is 0 Å². The Balaban J connectivity index is 2.26. The molecule has 0 aromatic heterocycles. The third-order valence-electron chi connectivity index (χ3n) is 4.84. The van der Waals surface area contributed by atoms with Crippen LogP contribution in [0, 0.1) is 0 Å². The molecule has 3 aromatic carbocycles. The van der Waals surface area contributed by atoms with Crippen LogP contribution < -0.4 is 15.3 Å². The summed E-state index contributed by atoms with van der Waals surface area (Å²) >= 11 is 0. The summed E-state index contributed by atoms with van der Waals surface area (Å²) < 4.78 is 20.0. The molecule has 0 heterocycles. The van der Waals surface area contributed by atoms with Crippen molar-refractivity contribution >= 4 is 17.8 Å². The first-order chi connectivity index (χ1) is 13.6. The lowest BCUT2D eigenvalue weighted by Gasteiger charge is -2.31. The molecule has 0 amide bonds. The van der Waals surface area contributed by atoms with Gasteiger partial charge in [0.25, 0.3) is 0 Å². The molecule has 0 saturated heterocycles. The van der Waals surface area contributed by atoms with E-state index in [1.807, 2.05) is 91.9 Å². The minimum atomic E-state index is -3.21. The van der Waals surface area contributed by atoms with Crippen LogP contribution in [-0.2, 0) is 4.57 Å². The Morgan fingerprint density at radius 2 is 1.36 bits per heavy atom. The van der Waals surface area contributed by atoms with E-state index in [4.69, 9.17) is 4.74 Å². The van der Waals surface area contributed by atoms with Crippen LogP contribution in [0.2, 0.25) is 0 Å². The molecule has 0 fully saturated rings. The van der Waals surface area contributed by atoms with E-state index in [-0.39, 0.29) is 0 Å². The highest BCUT2D eigenvalue weighted by Crippen LogP contribution is 2.59. The second-order valence-corrected chi connectivity index (χ2v) is 9.47. The molecular weight excluding hydrogens is 367 g/mol. The fourth-order valence-electron chi connectivity index (χ4n) is 3.49. The maximum Gasteiger partial charge on any atom is 0.153 e. The van der Waals surface area contributed by atoms with E-state index >= 15 is 0 Å². The molecule has 3 nitrogen and oxygen atoms in total. The van der Waals surface area contributed by atoms with Crippen LogP contribution >= 0.6 is 7.14 Å². The van der Waals surface area contributed by atoms with Crippen LogP contribution in [0.15, 0.2) is 97.1 Å². The van der Waals surface area contributed by atoms with Crippen molar-refractivity contribution in [3.63, 3.8) is 0 Å². The highest BCUT2D eigenvalue weighted by molar-refractivity contribution is 7.79. The summed E-state index contributed by atoms with van der Waals surface area (Å²) in [6.07, 6.45) is 2.60. The largest absolute Gasteiger partial charge is 0.497 e. The van der Waals surface area contributed by atoms with Crippen LogP contribution in [0.25, 0.3) is 0 Å². The number of methoxy groups -OCH3 is 1. The molecule has 0 aliphatic heterocycles. The van der Waals surface area contributed by atoms with Gasteiger partial charge in [0.15, 0.2) is 7.14 Å². The first kappa shape index (κ1) is 20.1. The Bertz CT molecular complexity index is 907. The van der Waals surface area contributed by atoms with Crippen LogP contribution in [0.3, 0.4) is 0 Å². The molecule has 0 saturated carbocycles. The van der Waals surface area contributed by atoms with Gasteiger partial charge in [0.2, 0.25) is 0 Å². The van der Waals surface area contributed by atoms with Gasteiger partial charge < -0.3 is 14.4 Å². The molecule has 144 valence electrons. The Kier molecular flexibility index (Phi) is 6.51. The maximum absolute atomic E-state index is 14.8. The molecular formula is C24H25O3P. The van der Waals surface area contributed by atoms with Crippen molar-refractivity contribution in [3.05, 3.63) is 103 Å². The van der Waals surface area contributed by atoms with Crippen LogP contribution in [0.1, 0.15) is 18.1 Å². The summed E-state index contributed by atoms with van der Waals surface area (Å²) in [4.78, 5) is 0. The topological polar surface area (TPSA) is 46.5 Å². The minimum Gasteiger partial charge on any atom is -0.497 e. The first-order valence-electron chi connectivity index (χ1n) is 9.27. The zero-order valence-corrected chi connectivity index (χ0v) is 17.0. The highest BCUT2D eigenvalue weighted by atomic mass is 31.2. The molecule has 0 radical (unpaired) electrons. The molecule has 3 aromatic rings. The third kappa shape index (κ3) is 3.96. The molecule has 28 heavy (non-hydrogen) atoms. The van der Waals surface area contributed by atoms with Crippen molar-refractivity contribution < 1.29 is 14.4 Å². The monoisotopic (exact) mass is 392 g/mol. The normalized spacial score (nSPS) is 14.0. The second kappa shape index (κ2) is 9.05. The summed E-state index contributed by atoms with van der Waals surface area (Å²) in [7, 11) is -1.60. The Labute approximate surface area is 166 Å². The lowest BCUT2D eigenvalue weighted by molar-refractivity contribution is 0.216. The van der Waals surface area contributed by atoms with E-state index in [1.54, 1.807) is 19.3 Å². The molecule has 0 aliphatic carbocycles. The minimum absolute atomic E-state index is 0.612. The number of hydrogen-bond donors (Lipinski definition) is 1. The standard InChI is InChI=1S/C24H25O3P/c1-3-10-23(25)24(19-15-17-20(27-2)18-16-19)28(26,21-11-6-4-7-12-21)22-13-8-5-9-14-22/h3-18,23-25H,1-2H3/b10-3+. The van der Waals surface area contributed by atoms with Crippen molar-refractivity contribution in [1.82, 2.24) is 0 Å². The van der Waals surface area contributed by atoms with E-state index in [0.717, 1.165) is 21.9 Å². The van der Waals surface area contributed by atoms with Crippen molar-refractivity contribution in [2.24, 2.45) is 0 Å². The van der Waals surface area contributed by atoms with E-state index in [9.17, 15) is 9.67 Å². The van der Waals surface area contributed by atoms with E-state index < -0.39 is 18.9 Å². The SMILES string of the molecule is C/C=C/C(O)C(c1ccc(OC)cc1)P(=O)(c1ccccc1)c1ccccc1. The number of aliphatic hydroxyl groups excluding tert-OH is 1. The predicted molar refractivity (Wildman–Crippen MR) is 116 cm³/mol. The molecule has 1 N–H and O–H groups in total. The van der Waals surface area contributed by atoms with Gasteiger partial charge in [-0.3, -0.25) is 0 Å². The fourth-order valence-corrected chi connectivity index (χ4v) is 6.79. The predicted octanol–water partition coefficient (Wildman–Crippen LogP) is 4.69. The third-order valence-corrected chi connectivity index (χ3v) is 8.36. The quantitative estimate of drug-likeness (QED) is 0.469. The molecule has 3 rings (SSSR count). The van der Waals surface area contributed by atoms with Crippen LogP contribution in [0.4, 0.5) is 0 Å². The zero-order chi connectivity index (χ0) is 20.0. The number of aliphatic hydroxyl groups is 1. The summed E-state index contributed by atoms with van der Waals surface area (Å²) in [6.45, 7) is 1.85. The summed E-state index contributed by atoms with van der Waals surface area (Å²) in [5.74, 6) is 0.720. The number of rotatable bonds is 7. The van der Waals surface area contributed by atoms with Gasteiger partial charge in [-0.15, -0.1) is 0 Å². The van der Waals surface area contributed by atoms with Gasteiger partial charge in [0.1, 0.15) is 5.75 Å². The van der Waals surface area contributed by atoms with Crippen LogP contribution in [0.5, 0.6) is 5.75 Å². The van der Waals surface area contributed by atoms with Gasteiger partial charge in [-0.1, -0.05) is 84.9 Å². The van der Waals surface area contributed by atoms with E-state index in [2.05, 4.69) is 0 Å². The highest BCUT2D eigenvalue weighted by Gasteiger charge is 2.41. The smallest absolute Gasteiger partial charge is 0.153 e. The molecule has 0 aliphatic rings. The summed E-state index contributed by atoms with van der Waals surface area (Å²) in [6, 6.07) is 26.3. The molecule has 0 bridgehead atoms. The van der Waals surface area contributed by atoms with Gasteiger partial charge in [0, 0.05) is 10.6 Å². The van der Waals surface area contributed by atoms with Gasteiger partial charge in [0.05, 0.1) is 18.9 Å². The Morgan fingerprint density at radius 3 is 1.79 bits per heavy atom. The lowest BCUT2D eigenvalue weighted by atomic mass is 10.1. The van der Waals surface area contributed by atoms with Gasteiger partial charge >= 0.3 is 0 Å². The average Bonchev–Trinajstić information content (AvgIpc) is 2.75. The zero-order valence-electron chi connectivity index (χ0n) is 16.1. The van der Waals surface area contributed by atoms with E-state index in [1.165, 1.54) is 0 Å². The summed E-state index contributed by atoms with van der Waals surface area (Å²) in [5.41, 5.74) is 0.196. The van der Waals surface area contributed by atoms with Gasteiger partial charge in [-0.25, -0.2) is 0 Å². The Morgan fingerprint density at radius 1 is 0.857 bits per heavy atom. The van der Waals surface area contributed by atoms with Gasteiger partial charge in [-0.05, 0) is 24.6 Å². The Hall–Kier alpha value is -2.61. The molecule has 2 atom stereocenters. The molecule has 4 heteroatoms. The number of benzene rings is 3. The second-order valence-electron chi connectivity index (χ2n) is 6.56. The molecule has 2 unspecified atom stereocenters. The maximum atomic E-state index is 14.8. The average molecular weight is 392 g/mol. The van der Waals surface area contributed by atoms with Crippen molar-refractivity contribution in [2.75, 3.05) is 7.11 Å². The van der Waals surface area contributed by atoms with Crippen molar-refractivity contribution in [1.29, 1.82) is 0 Å². The van der Waals surface area contributed by atoms with Crippen molar-refractivity contribution in [3.8, 4) is 5.75 Å².